The Morgan fingerprint density at radius 2 is 2.12 bits per heavy atom. The second-order valence-corrected chi connectivity index (χ2v) is 6.74. The third kappa shape index (κ3) is 4.09. The predicted molar refractivity (Wildman–Crippen MR) is 97.5 cm³/mol. The molecule has 138 valence electrons. The number of carbonyl (C=O) groups is 2. The van der Waals surface area contributed by atoms with Crippen LogP contribution in [0.25, 0.3) is 0 Å². The third-order valence-electron chi connectivity index (χ3n) is 4.89. The van der Waals surface area contributed by atoms with Crippen molar-refractivity contribution in [3.05, 3.63) is 47.5 Å². The zero-order valence-electron chi connectivity index (χ0n) is 15.2. The Kier molecular flexibility index (Phi) is 5.65. The molecular formula is C19H25N5O2. The summed E-state index contributed by atoms with van der Waals surface area (Å²) >= 11 is 0. The second-order valence-electron chi connectivity index (χ2n) is 6.74. The number of hydrogen-bond acceptors (Lipinski definition) is 4. The number of nitrogens with one attached hydrogen (secondary N) is 2. The van der Waals surface area contributed by atoms with E-state index in [0.717, 1.165) is 37.1 Å². The van der Waals surface area contributed by atoms with Crippen molar-refractivity contribution in [2.75, 3.05) is 6.54 Å². The van der Waals surface area contributed by atoms with Crippen molar-refractivity contribution >= 4 is 11.8 Å². The van der Waals surface area contributed by atoms with E-state index in [-0.39, 0.29) is 17.9 Å². The molecule has 1 aliphatic rings. The number of nitrogens with zero attached hydrogens (tertiary/aromatic N) is 3. The van der Waals surface area contributed by atoms with Crippen LogP contribution >= 0.6 is 0 Å². The lowest BCUT2D eigenvalue weighted by molar-refractivity contribution is -0.119. The van der Waals surface area contributed by atoms with Crippen molar-refractivity contribution < 1.29 is 9.59 Å². The molecule has 3 rings (SSSR count). The summed E-state index contributed by atoms with van der Waals surface area (Å²) in [5.74, 6) is 0.206. The fourth-order valence-electron chi connectivity index (χ4n) is 3.40. The Bertz CT molecular complexity index is 771. The molecule has 0 bridgehead atoms. The molecule has 0 saturated carbocycles. The molecule has 0 aliphatic carbocycles. The summed E-state index contributed by atoms with van der Waals surface area (Å²) in [6.45, 7) is 4.98. The third-order valence-corrected chi connectivity index (χ3v) is 4.89. The monoisotopic (exact) mass is 355 g/mol. The molecule has 0 spiro atoms. The van der Waals surface area contributed by atoms with Gasteiger partial charge in [0.1, 0.15) is 0 Å². The van der Waals surface area contributed by atoms with E-state index in [0.29, 0.717) is 18.0 Å². The van der Waals surface area contributed by atoms with Gasteiger partial charge in [-0.1, -0.05) is 6.92 Å². The Hall–Kier alpha value is -2.70. The Balaban J connectivity index is 1.71. The van der Waals surface area contributed by atoms with Crippen LogP contribution in [0.5, 0.6) is 0 Å². The highest BCUT2D eigenvalue weighted by Crippen LogP contribution is 2.24. The molecule has 26 heavy (non-hydrogen) atoms. The van der Waals surface area contributed by atoms with Crippen LogP contribution in [0.1, 0.15) is 54.3 Å². The molecule has 3 heterocycles. The first-order valence-corrected chi connectivity index (χ1v) is 9.08. The normalized spacial score (nSPS) is 17.2. The van der Waals surface area contributed by atoms with Crippen molar-refractivity contribution in [2.24, 2.45) is 5.92 Å². The van der Waals surface area contributed by atoms with Crippen LogP contribution in [-0.4, -0.2) is 33.1 Å². The lowest BCUT2D eigenvalue weighted by atomic mass is 9.94. The molecular weight excluding hydrogens is 330 g/mol. The first kappa shape index (κ1) is 18.1. The lowest BCUT2D eigenvalue weighted by Crippen LogP contribution is -2.33. The van der Waals surface area contributed by atoms with Crippen LogP contribution in [0.3, 0.4) is 0 Å². The highest BCUT2D eigenvalue weighted by molar-refractivity contribution is 5.95. The van der Waals surface area contributed by atoms with Crippen LogP contribution in [0.4, 0.5) is 0 Å². The van der Waals surface area contributed by atoms with Crippen LogP contribution in [0, 0.1) is 5.92 Å². The summed E-state index contributed by atoms with van der Waals surface area (Å²) < 4.78 is 1.91. The summed E-state index contributed by atoms with van der Waals surface area (Å²) in [4.78, 5) is 28.0. The molecule has 0 saturated heterocycles. The predicted octanol–water partition coefficient (Wildman–Crippen LogP) is 1.86. The van der Waals surface area contributed by atoms with E-state index < -0.39 is 0 Å². The quantitative estimate of drug-likeness (QED) is 0.828. The number of fused-ring (bicyclic) bond motifs is 1. The van der Waals surface area contributed by atoms with E-state index in [2.05, 4.69) is 20.7 Å². The van der Waals surface area contributed by atoms with Gasteiger partial charge < -0.3 is 10.6 Å². The first-order valence-electron chi connectivity index (χ1n) is 9.08. The van der Waals surface area contributed by atoms with Gasteiger partial charge >= 0.3 is 0 Å². The van der Waals surface area contributed by atoms with E-state index >= 15 is 0 Å². The molecule has 0 unspecified atom stereocenters. The summed E-state index contributed by atoms with van der Waals surface area (Å²) in [5, 5.41) is 10.4. The van der Waals surface area contributed by atoms with Crippen LogP contribution < -0.4 is 10.6 Å². The highest BCUT2D eigenvalue weighted by Gasteiger charge is 2.26. The van der Waals surface area contributed by atoms with E-state index in [9.17, 15) is 9.59 Å². The molecule has 2 amide bonds. The van der Waals surface area contributed by atoms with Crippen molar-refractivity contribution in [3.63, 3.8) is 0 Å². The molecule has 7 heteroatoms. The Morgan fingerprint density at radius 1 is 1.35 bits per heavy atom. The standard InChI is InChI=1S/C19H25N5O2/c1-3-17(15-4-7-20-8-5-15)23-19(26)16-12-22-24-9-6-14(10-18(16)24)11-21-13(2)25/h4-5,7-8,12,14,17H,3,6,9-11H2,1-2H3,(H,21,25)(H,23,26)/t14-,17+/m0/s1. The lowest BCUT2D eigenvalue weighted by Gasteiger charge is -2.24. The zero-order valence-corrected chi connectivity index (χ0v) is 15.2. The average molecular weight is 355 g/mol. The van der Waals surface area contributed by atoms with Gasteiger partial charge in [0.25, 0.3) is 5.91 Å². The van der Waals surface area contributed by atoms with E-state index in [4.69, 9.17) is 0 Å². The minimum atomic E-state index is -0.102. The zero-order chi connectivity index (χ0) is 18.5. The maximum Gasteiger partial charge on any atom is 0.255 e. The van der Waals surface area contributed by atoms with Crippen molar-refractivity contribution in [1.29, 1.82) is 0 Å². The highest BCUT2D eigenvalue weighted by atomic mass is 16.2. The van der Waals surface area contributed by atoms with E-state index in [1.807, 2.05) is 23.7 Å². The smallest absolute Gasteiger partial charge is 0.255 e. The Morgan fingerprint density at radius 3 is 2.81 bits per heavy atom. The van der Waals surface area contributed by atoms with Crippen LogP contribution in [0.2, 0.25) is 0 Å². The maximum absolute atomic E-state index is 12.8. The molecule has 0 aromatic carbocycles. The van der Waals surface area contributed by atoms with E-state index in [1.54, 1.807) is 18.6 Å². The minimum Gasteiger partial charge on any atom is -0.356 e. The number of aryl methyl sites for hydroxylation is 1. The molecule has 2 N–H and O–H groups in total. The Labute approximate surface area is 153 Å². The molecule has 1 aliphatic heterocycles. The first-order chi connectivity index (χ1) is 12.6. The fraction of sp³-hybridized carbons (Fsp3) is 0.474. The minimum absolute atomic E-state index is 0.0230. The van der Waals surface area contributed by atoms with Gasteiger partial charge in [0.15, 0.2) is 0 Å². The summed E-state index contributed by atoms with van der Waals surface area (Å²) in [6, 6.07) is 3.79. The van der Waals surface area contributed by atoms with Gasteiger partial charge in [-0.3, -0.25) is 19.3 Å². The topological polar surface area (TPSA) is 88.9 Å². The van der Waals surface area contributed by atoms with Gasteiger partial charge in [0, 0.05) is 32.4 Å². The van der Waals surface area contributed by atoms with Crippen molar-refractivity contribution in [3.8, 4) is 0 Å². The number of amides is 2. The average Bonchev–Trinajstić information content (AvgIpc) is 3.08. The van der Waals surface area contributed by atoms with Crippen molar-refractivity contribution in [1.82, 2.24) is 25.4 Å². The van der Waals surface area contributed by atoms with Crippen molar-refractivity contribution in [2.45, 2.75) is 45.7 Å². The van der Waals surface area contributed by atoms with Gasteiger partial charge in [-0.05, 0) is 42.9 Å². The van der Waals surface area contributed by atoms with Gasteiger partial charge in [0.2, 0.25) is 5.91 Å². The van der Waals surface area contributed by atoms with Crippen LogP contribution in [0.15, 0.2) is 30.7 Å². The second kappa shape index (κ2) is 8.12. The molecule has 7 nitrogen and oxygen atoms in total. The van der Waals surface area contributed by atoms with Crippen LogP contribution in [-0.2, 0) is 17.8 Å². The number of carbonyl (C=O) groups excluding carboxylic acids is 2. The number of rotatable bonds is 6. The van der Waals surface area contributed by atoms with E-state index in [1.165, 1.54) is 6.92 Å². The fourth-order valence-corrected chi connectivity index (χ4v) is 3.40. The SMILES string of the molecule is CC[C@@H](NC(=O)c1cnn2c1C[C@@H](CNC(C)=O)CC2)c1ccncc1. The van der Waals surface area contributed by atoms with Gasteiger partial charge in [-0.25, -0.2) is 0 Å². The summed E-state index contributed by atoms with van der Waals surface area (Å²) in [7, 11) is 0. The maximum atomic E-state index is 12.8. The van der Waals surface area contributed by atoms with Gasteiger partial charge in [-0.15, -0.1) is 0 Å². The molecule has 0 fully saturated rings. The summed E-state index contributed by atoms with van der Waals surface area (Å²) in [6.07, 6.45) is 7.62. The molecule has 2 aromatic rings. The summed E-state index contributed by atoms with van der Waals surface area (Å²) in [5.41, 5.74) is 2.62. The van der Waals surface area contributed by atoms with Gasteiger partial charge in [0.05, 0.1) is 23.5 Å². The number of aromatic nitrogens is 3. The number of pyridine rings is 1. The van der Waals surface area contributed by atoms with Gasteiger partial charge in [-0.2, -0.15) is 5.10 Å². The number of hydrogen-bond donors (Lipinski definition) is 2. The largest absolute Gasteiger partial charge is 0.356 e. The molecule has 0 radical (unpaired) electrons. The molecule has 2 aromatic heterocycles. The molecule has 2 atom stereocenters.